The summed E-state index contributed by atoms with van der Waals surface area (Å²) in [6.45, 7) is 8.65. The molecule has 0 N–H and O–H groups in total. The van der Waals surface area contributed by atoms with Gasteiger partial charge in [0.1, 0.15) is 0 Å². The number of rotatable bonds is 0. The molecule has 7 heavy (non-hydrogen) atoms. The zero-order valence-corrected chi connectivity index (χ0v) is 8.08. The Hall–Kier alpha value is 1.00. The van der Waals surface area contributed by atoms with Gasteiger partial charge in [-0.15, -0.1) is 0 Å². The van der Waals surface area contributed by atoms with Gasteiger partial charge in [0.2, 0.25) is 0 Å². The van der Waals surface area contributed by atoms with E-state index < -0.39 is 0 Å². The van der Waals surface area contributed by atoms with E-state index >= 15 is 0 Å². The Morgan fingerprint density at radius 3 is 1.29 bits per heavy atom. The van der Waals surface area contributed by atoms with Gasteiger partial charge in [0.05, 0.1) is 0 Å². The molecule has 0 aliphatic rings. The molecular formula is C6H13Na. The van der Waals surface area contributed by atoms with Crippen LogP contribution in [0.2, 0.25) is 0 Å². The van der Waals surface area contributed by atoms with Crippen molar-refractivity contribution in [3.05, 3.63) is 6.42 Å². The molecule has 0 radical (unpaired) electrons. The Bertz CT molecular complexity index is 33.9. The molecule has 0 spiro atoms. The molecule has 0 fully saturated rings. The minimum atomic E-state index is 0. The molecule has 0 aromatic carbocycles. The van der Waals surface area contributed by atoms with Gasteiger partial charge in [-0.25, -0.2) is 0 Å². The van der Waals surface area contributed by atoms with Crippen LogP contribution >= 0.6 is 0 Å². The van der Waals surface area contributed by atoms with Crippen LogP contribution in [0, 0.1) is 11.8 Å². The maximum absolute atomic E-state index is 2.19. The van der Waals surface area contributed by atoms with Crippen LogP contribution in [-0.4, -0.2) is 0 Å². The molecule has 0 rings (SSSR count). The second-order valence-corrected chi connectivity index (χ2v) is 2.65. The van der Waals surface area contributed by atoms with E-state index in [-0.39, 0.29) is 29.6 Å². The zero-order valence-electron chi connectivity index (χ0n) is 6.08. The van der Waals surface area contributed by atoms with Crippen LogP contribution in [0.4, 0.5) is 0 Å². The summed E-state index contributed by atoms with van der Waals surface area (Å²) >= 11 is 0. The summed E-state index contributed by atoms with van der Waals surface area (Å²) in [5.41, 5.74) is 0.417. The molecule has 0 aromatic heterocycles. The molecule has 0 unspecified atom stereocenters. The molecule has 0 atom stereocenters. The summed E-state index contributed by atoms with van der Waals surface area (Å²) in [7, 11) is 0. The first-order chi connectivity index (χ1) is 2.56. The fraction of sp³-hybridized carbons (Fsp3) is 0.833. The van der Waals surface area contributed by atoms with Crippen molar-refractivity contribution in [2.75, 3.05) is 0 Å². The molecule has 0 nitrogen and oxygen atoms in total. The summed E-state index contributed by atoms with van der Waals surface area (Å²) in [6.07, 6.45) is 2.19. The van der Waals surface area contributed by atoms with Crippen molar-refractivity contribution in [2.45, 2.75) is 27.7 Å². The van der Waals surface area contributed by atoms with Gasteiger partial charge in [-0.3, -0.25) is 0 Å². The Labute approximate surface area is 69.0 Å². The van der Waals surface area contributed by atoms with E-state index in [1.165, 1.54) is 0 Å². The predicted molar refractivity (Wildman–Crippen MR) is 29.4 cm³/mol. The minimum absolute atomic E-state index is 0. The topological polar surface area (TPSA) is 0 Å². The summed E-state index contributed by atoms with van der Waals surface area (Å²) in [5, 5.41) is 0. The van der Waals surface area contributed by atoms with Crippen LogP contribution in [0.1, 0.15) is 27.7 Å². The Kier molecular flexibility index (Phi) is 6.12. The third-order valence-electron chi connectivity index (χ3n) is 0.866. The van der Waals surface area contributed by atoms with E-state index in [4.69, 9.17) is 0 Å². The average molecular weight is 108 g/mol. The van der Waals surface area contributed by atoms with Gasteiger partial charge >= 0.3 is 29.6 Å². The molecule has 0 amide bonds. The van der Waals surface area contributed by atoms with Crippen LogP contribution in [0.15, 0.2) is 0 Å². The molecule has 0 heterocycles. The Balaban J connectivity index is 0. The van der Waals surface area contributed by atoms with E-state index in [1.807, 2.05) is 0 Å². The van der Waals surface area contributed by atoms with Crippen molar-refractivity contribution in [3.63, 3.8) is 0 Å². The molecule has 0 aliphatic heterocycles. The van der Waals surface area contributed by atoms with E-state index in [1.54, 1.807) is 0 Å². The monoisotopic (exact) mass is 108 g/mol. The quantitative estimate of drug-likeness (QED) is 0.283. The smallest absolute Gasteiger partial charge is 0.326 e. The summed E-state index contributed by atoms with van der Waals surface area (Å²) in [5.74, 6) is 0. The van der Waals surface area contributed by atoms with Gasteiger partial charge in [-0.2, -0.15) is 12.3 Å². The van der Waals surface area contributed by atoms with Crippen molar-refractivity contribution in [1.29, 1.82) is 0 Å². The normalized spacial score (nSPS) is 10.3. The van der Waals surface area contributed by atoms with Crippen molar-refractivity contribution in [1.82, 2.24) is 0 Å². The van der Waals surface area contributed by atoms with Crippen LogP contribution in [-0.2, 0) is 0 Å². The average Bonchev–Trinajstić information content (AvgIpc) is 1.35. The molecule has 38 valence electrons. The molecule has 0 aliphatic carbocycles. The van der Waals surface area contributed by atoms with E-state index in [0.29, 0.717) is 5.41 Å². The van der Waals surface area contributed by atoms with Crippen LogP contribution in [0.25, 0.3) is 0 Å². The predicted octanol–water partition coefficient (Wildman–Crippen LogP) is -0.739. The van der Waals surface area contributed by atoms with Crippen LogP contribution in [0.5, 0.6) is 0 Å². The van der Waals surface area contributed by atoms with E-state index in [2.05, 4.69) is 34.1 Å². The first-order valence-corrected chi connectivity index (χ1v) is 2.37. The van der Waals surface area contributed by atoms with Gasteiger partial charge in [0.15, 0.2) is 0 Å². The van der Waals surface area contributed by atoms with Gasteiger partial charge in [0, 0.05) is 0 Å². The Morgan fingerprint density at radius 1 is 1.14 bits per heavy atom. The van der Waals surface area contributed by atoms with Gasteiger partial charge in [-0.1, -0.05) is 20.8 Å². The maximum Gasteiger partial charge on any atom is 1.00 e. The summed E-state index contributed by atoms with van der Waals surface area (Å²) in [4.78, 5) is 0. The van der Waals surface area contributed by atoms with Crippen LogP contribution in [0.3, 0.4) is 0 Å². The molecular weight excluding hydrogens is 95.1 g/mol. The fourth-order valence-corrected chi connectivity index (χ4v) is 0. The Morgan fingerprint density at radius 2 is 1.29 bits per heavy atom. The van der Waals surface area contributed by atoms with Crippen molar-refractivity contribution >= 4 is 0 Å². The number of hydrogen-bond acceptors (Lipinski definition) is 0. The largest absolute Gasteiger partial charge is 1.00 e. The second-order valence-electron chi connectivity index (χ2n) is 2.65. The number of hydrogen-bond donors (Lipinski definition) is 0. The molecule has 0 aromatic rings. The fourth-order valence-electron chi connectivity index (χ4n) is 0. The maximum atomic E-state index is 2.19. The van der Waals surface area contributed by atoms with E-state index in [9.17, 15) is 0 Å². The van der Waals surface area contributed by atoms with Crippen molar-refractivity contribution in [3.8, 4) is 0 Å². The van der Waals surface area contributed by atoms with Gasteiger partial charge in [-0.05, 0) is 0 Å². The molecule has 0 saturated heterocycles. The third-order valence-corrected chi connectivity index (χ3v) is 0.866. The first-order valence-electron chi connectivity index (χ1n) is 2.37. The van der Waals surface area contributed by atoms with E-state index in [0.717, 1.165) is 0 Å². The third kappa shape index (κ3) is 10.9. The van der Waals surface area contributed by atoms with Gasteiger partial charge in [0.25, 0.3) is 0 Å². The SMILES string of the molecule is C[CH-]C(C)(C)C.[Na+]. The summed E-state index contributed by atoms with van der Waals surface area (Å²) < 4.78 is 0. The zero-order chi connectivity index (χ0) is 5.21. The van der Waals surface area contributed by atoms with Gasteiger partial charge < -0.3 is 6.42 Å². The van der Waals surface area contributed by atoms with Crippen molar-refractivity contribution in [2.24, 2.45) is 5.41 Å². The van der Waals surface area contributed by atoms with Crippen molar-refractivity contribution < 1.29 is 29.6 Å². The standard InChI is InChI=1S/C6H13.Na/c1-5-6(2,3)4;/h5H,1-4H3;/q-1;+1. The van der Waals surface area contributed by atoms with Crippen LogP contribution < -0.4 is 29.6 Å². The first kappa shape index (κ1) is 10.9. The second kappa shape index (κ2) is 3.94. The summed E-state index contributed by atoms with van der Waals surface area (Å²) in [6, 6.07) is 0. The minimum Gasteiger partial charge on any atom is -0.326 e. The molecule has 0 bridgehead atoms. The molecule has 0 saturated carbocycles. The molecule has 1 heteroatoms.